The predicted octanol–water partition coefficient (Wildman–Crippen LogP) is 3.91. The lowest BCUT2D eigenvalue weighted by molar-refractivity contribution is 0.115. The minimum absolute atomic E-state index is 0.213. The summed E-state index contributed by atoms with van der Waals surface area (Å²) in [5, 5.41) is 10.4. The van der Waals surface area contributed by atoms with Crippen LogP contribution >= 0.6 is 0 Å². The summed E-state index contributed by atoms with van der Waals surface area (Å²) in [6.07, 6.45) is 12.4. The van der Waals surface area contributed by atoms with Crippen molar-refractivity contribution in [2.24, 2.45) is 5.92 Å². The van der Waals surface area contributed by atoms with E-state index in [0.29, 0.717) is 0 Å². The maximum absolute atomic E-state index is 10.4. The van der Waals surface area contributed by atoms with Gasteiger partial charge in [0.2, 0.25) is 0 Å². The van der Waals surface area contributed by atoms with Gasteiger partial charge in [-0.05, 0) is 30.0 Å². The van der Waals surface area contributed by atoms with Crippen LogP contribution in [0.3, 0.4) is 0 Å². The molecule has 0 radical (unpaired) electrons. The van der Waals surface area contributed by atoms with Crippen molar-refractivity contribution in [3.05, 3.63) is 30.1 Å². The zero-order valence-corrected chi connectivity index (χ0v) is 11.4. The van der Waals surface area contributed by atoms with Gasteiger partial charge in [0, 0.05) is 18.3 Å². The van der Waals surface area contributed by atoms with Gasteiger partial charge in [-0.15, -0.1) is 0 Å². The van der Waals surface area contributed by atoms with Crippen LogP contribution in [0.1, 0.15) is 63.4 Å². The average molecular weight is 247 g/mol. The molecular formula is C16H25NO. The maximum Gasteiger partial charge on any atom is 0.0608 e. The Morgan fingerprint density at radius 1 is 1.17 bits per heavy atom. The molecule has 1 aromatic heterocycles. The molecule has 2 nitrogen and oxygen atoms in total. The van der Waals surface area contributed by atoms with Crippen molar-refractivity contribution in [3.8, 4) is 0 Å². The average Bonchev–Trinajstić information content (AvgIpc) is 2.67. The lowest BCUT2D eigenvalue weighted by atomic mass is 9.86. The fourth-order valence-electron chi connectivity index (χ4n) is 3.03. The van der Waals surface area contributed by atoms with Crippen molar-refractivity contribution in [1.82, 2.24) is 4.98 Å². The highest BCUT2D eigenvalue weighted by Crippen LogP contribution is 2.30. The van der Waals surface area contributed by atoms with Gasteiger partial charge >= 0.3 is 0 Å². The van der Waals surface area contributed by atoms with E-state index >= 15 is 0 Å². The van der Waals surface area contributed by atoms with Gasteiger partial charge in [0.05, 0.1) is 6.10 Å². The molecule has 1 aliphatic carbocycles. The lowest BCUT2D eigenvalue weighted by Crippen LogP contribution is -2.20. The van der Waals surface area contributed by atoms with Crippen LogP contribution in [-0.4, -0.2) is 16.2 Å². The summed E-state index contributed by atoms with van der Waals surface area (Å²) in [6.45, 7) is 2.12. The van der Waals surface area contributed by atoms with E-state index in [9.17, 15) is 5.11 Å². The van der Waals surface area contributed by atoms with E-state index in [1.54, 1.807) is 0 Å². The highest BCUT2D eigenvalue weighted by atomic mass is 16.3. The molecule has 2 unspecified atom stereocenters. The maximum atomic E-state index is 10.4. The molecule has 0 spiro atoms. The summed E-state index contributed by atoms with van der Waals surface area (Å²) in [6, 6.07) is 4.03. The lowest BCUT2D eigenvalue weighted by Gasteiger charge is -2.23. The molecule has 2 heteroatoms. The van der Waals surface area contributed by atoms with Gasteiger partial charge in [-0.3, -0.25) is 4.98 Å². The first-order valence-electron chi connectivity index (χ1n) is 7.35. The van der Waals surface area contributed by atoms with E-state index in [0.717, 1.165) is 12.3 Å². The van der Waals surface area contributed by atoms with Crippen LogP contribution in [0.25, 0.3) is 0 Å². The first-order chi connectivity index (χ1) is 8.77. The Kier molecular flexibility index (Phi) is 5.18. The van der Waals surface area contributed by atoms with Crippen LogP contribution in [0.15, 0.2) is 24.5 Å². The Bertz CT molecular complexity index is 330. The molecule has 1 heterocycles. The van der Waals surface area contributed by atoms with Gasteiger partial charge in [0.1, 0.15) is 0 Å². The van der Waals surface area contributed by atoms with Crippen molar-refractivity contribution in [1.29, 1.82) is 0 Å². The van der Waals surface area contributed by atoms with E-state index in [4.69, 9.17) is 0 Å². The number of aromatic nitrogens is 1. The van der Waals surface area contributed by atoms with Crippen molar-refractivity contribution >= 4 is 0 Å². The van der Waals surface area contributed by atoms with Crippen LogP contribution in [0, 0.1) is 5.92 Å². The fraction of sp³-hybridized carbons (Fsp3) is 0.688. The molecule has 0 saturated heterocycles. The summed E-state index contributed by atoms with van der Waals surface area (Å²) in [5.41, 5.74) is 1.20. The van der Waals surface area contributed by atoms with Crippen molar-refractivity contribution < 1.29 is 5.11 Å². The minimum atomic E-state index is -0.213. The summed E-state index contributed by atoms with van der Waals surface area (Å²) in [4.78, 5) is 4.03. The van der Waals surface area contributed by atoms with Gasteiger partial charge < -0.3 is 5.11 Å². The Morgan fingerprint density at radius 3 is 2.39 bits per heavy atom. The van der Waals surface area contributed by atoms with Crippen LogP contribution in [-0.2, 0) is 0 Å². The van der Waals surface area contributed by atoms with Crippen molar-refractivity contribution in [2.75, 3.05) is 0 Å². The van der Waals surface area contributed by atoms with E-state index < -0.39 is 0 Å². The summed E-state index contributed by atoms with van der Waals surface area (Å²) in [7, 11) is 0. The molecule has 0 aliphatic heterocycles. The first kappa shape index (κ1) is 13.5. The Labute approximate surface area is 110 Å². The molecule has 18 heavy (non-hydrogen) atoms. The second-order valence-electron chi connectivity index (χ2n) is 5.73. The first-order valence-corrected chi connectivity index (χ1v) is 7.35. The molecule has 1 fully saturated rings. The molecule has 2 rings (SSSR count). The standard InChI is InChI=1S/C16H25NO/c1-13(15-8-10-17-11-9-15)16(18)12-14-6-4-2-3-5-7-14/h8-11,13-14,16,18H,2-7,12H2,1H3. The normalized spacial score (nSPS) is 21.2. The molecule has 1 aliphatic rings. The van der Waals surface area contributed by atoms with E-state index in [2.05, 4.69) is 11.9 Å². The number of pyridine rings is 1. The molecule has 0 aromatic carbocycles. The van der Waals surface area contributed by atoms with E-state index in [1.807, 2.05) is 24.5 Å². The quantitative estimate of drug-likeness (QED) is 0.818. The third-order valence-electron chi connectivity index (χ3n) is 4.36. The Balaban J connectivity index is 1.88. The summed E-state index contributed by atoms with van der Waals surface area (Å²) >= 11 is 0. The molecule has 0 bridgehead atoms. The molecule has 1 saturated carbocycles. The largest absolute Gasteiger partial charge is 0.392 e. The summed E-state index contributed by atoms with van der Waals surface area (Å²) < 4.78 is 0. The second kappa shape index (κ2) is 6.89. The molecule has 100 valence electrons. The minimum Gasteiger partial charge on any atom is -0.392 e. The monoisotopic (exact) mass is 247 g/mol. The van der Waals surface area contributed by atoms with Crippen molar-refractivity contribution in [3.63, 3.8) is 0 Å². The van der Waals surface area contributed by atoms with Crippen LogP contribution < -0.4 is 0 Å². The topological polar surface area (TPSA) is 33.1 Å². The highest BCUT2D eigenvalue weighted by Gasteiger charge is 2.21. The third kappa shape index (κ3) is 3.81. The molecule has 1 aromatic rings. The van der Waals surface area contributed by atoms with Crippen LogP contribution in [0.2, 0.25) is 0 Å². The Hall–Kier alpha value is -0.890. The second-order valence-corrected chi connectivity index (χ2v) is 5.73. The molecule has 0 amide bonds. The van der Waals surface area contributed by atoms with Crippen LogP contribution in [0.4, 0.5) is 0 Å². The number of rotatable bonds is 4. The van der Waals surface area contributed by atoms with Gasteiger partial charge in [0.25, 0.3) is 0 Å². The van der Waals surface area contributed by atoms with E-state index in [-0.39, 0.29) is 12.0 Å². The zero-order valence-electron chi connectivity index (χ0n) is 11.4. The van der Waals surface area contributed by atoms with Gasteiger partial charge in [0.15, 0.2) is 0 Å². The SMILES string of the molecule is CC(c1ccncc1)C(O)CC1CCCCCC1. The number of hydrogen-bond donors (Lipinski definition) is 1. The van der Waals surface area contributed by atoms with Gasteiger partial charge in [-0.2, -0.15) is 0 Å². The third-order valence-corrected chi connectivity index (χ3v) is 4.36. The Morgan fingerprint density at radius 2 is 1.78 bits per heavy atom. The van der Waals surface area contributed by atoms with Crippen molar-refractivity contribution in [2.45, 2.75) is 63.9 Å². The summed E-state index contributed by atoms with van der Waals surface area (Å²) in [5.74, 6) is 0.947. The molecule has 2 atom stereocenters. The van der Waals surface area contributed by atoms with Gasteiger partial charge in [-0.1, -0.05) is 45.4 Å². The smallest absolute Gasteiger partial charge is 0.0608 e. The molecule has 1 N–H and O–H groups in total. The molecular weight excluding hydrogens is 222 g/mol. The van der Waals surface area contributed by atoms with Gasteiger partial charge in [-0.25, -0.2) is 0 Å². The zero-order chi connectivity index (χ0) is 12.8. The number of hydrogen-bond acceptors (Lipinski definition) is 2. The number of aliphatic hydroxyl groups is 1. The number of nitrogens with zero attached hydrogens (tertiary/aromatic N) is 1. The fourth-order valence-corrected chi connectivity index (χ4v) is 3.03. The highest BCUT2D eigenvalue weighted by molar-refractivity contribution is 5.16. The predicted molar refractivity (Wildman–Crippen MR) is 74.5 cm³/mol. The van der Waals surface area contributed by atoms with E-state index in [1.165, 1.54) is 44.1 Å². The number of aliphatic hydroxyl groups excluding tert-OH is 1. The van der Waals surface area contributed by atoms with Crippen LogP contribution in [0.5, 0.6) is 0 Å².